The molecule has 0 spiro atoms. The van der Waals surface area contributed by atoms with Gasteiger partial charge in [0.2, 0.25) is 0 Å². The lowest BCUT2D eigenvalue weighted by Gasteiger charge is -2.10. The van der Waals surface area contributed by atoms with Crippen molar-refractivity contribution in [2.45, 2.75) is 40.2 Å². The first-order valence-electron chi connectivity index (χ1n) is 6.36. The van der Waals surface area contributed by atoms with Gasteiger partial charge in [-0.2, -0.15) is 0 Å². The summed E-state index contributed by atoms with van der Waals surface area (Å²) in [5, 5.41) is 0. The predicted octanol–water partition coefficient (Wildman–Crippen LogP) is 3.23. The van der Waals surface area contributed by atoms with Crippen molar-refractivity contribution >= 4 is 16.7 Å². The van der Waals surface area contributed by atoms with Crippen molar-refractivity contribution < 1.29 is 0 Å². The highest BCUT2D eigenvalue weighted by atomic mass is 15.1. The molecule has 0 radical (unpaired) electrons. The van der Waals surface area contributed by atoms with Gasteiger partial charge >= 0.3 is 0 Å². The van der Waals surface area contributed by atoms with E-state index in [1.807, 2.05) is 12.1 Å². The molecule has 0 saturated carbocycles. The Morgan fingerprint density at radius 3 is 2.76 bits per heavy atom. The van der Waals surface area contributed by atoms with Crippen molar-refractivity contribution in [3.05, 3.63) is 24.0 Å². The molecule has 0 fully saturated rings. The van der Waals surface area contributed by atoms with Crippen molar-refractivity contribution in [1.82, 2.24) is 9.55 Å². The summed E-state index contributed by atoms with van der Waals surface area (Å²) in [7, 11) is 0. The molecular weight excluding hydrogens is 210 g/mol. The van der Waals surface area contributed by atoms with Crippen LogP contribution < -0.4 is 5.73 Å². The zero-order chi connectivity index (χ0) is 12.4. The molecule has 2 aromatic rings. The summed E-state index contributed by atoms with van der Waals surface area (Å²) < 4.78 is 2.33. The molecule has 2 rings (SSSR count). The van der Waals surface area contributed by atoms with Crippen LogP contribution in [0.2, 0.25) is 0 Å². The van der Waals surface area contributed by atoms with Gasteiger partial charge in [-0.05, 0) is 30.5 Å². The fourth-order valence-electron chi connectivity index (χ4n) is 2.10. The van der Waals surface area contributed by atoms with Gasteiger partial charge in [-0.15, -0.1) is 0 Å². The molecule has 1 heterocycles. The second kappa shape index (κ2) is 4.78. The average molecular weight is 231 g/mol. The molecule has 0 atom stereocenters. The lowest BCUT2D eigenvalue weighted by molar-refractivity contribution is 0.513. The number of aromatic nitrogens is 2. The van der Waals surface area contributed by atoms with Crippen molar-refractivity contribution in [2.24, 2.45) is 5.92 Å². The molecule has 17 heavy (non-hydrogen) atoms. The number of imidazole rings is 1. The number of nitrogens with zero attached hydrogens (tertiary/aromatic N) is 2. The van der Waals surface area contributed by atoms with E-state index in [-0.39, 0.29) is 0 Å². The minimum atomic E-state index is 0.714. The van der Waals surface area contributed by atoms with E-state index in [1.165, 1.54) is 11.9 Å². The number of anilines is 1. The first kappa shape index (κ1) is 12.0. The van der Waals surface area contributed by atoms with Crippen LogP contribution in [-0.2, 0) is 13.0 Å². The van der Waals surface area contributed by atoms with Crippen LogP contribution in [0.15, 0.2) is 18.2 Å². The number of fused-ring (bicyclic) bond motifs is 1. The molecule has 1 aromatic carbocycles. The van der Waals surface area contributed by atoms with Crippen LogP contribution in [0.3, 0.4) is 0 Å². The molecular formula is C14H21N3. The number of aryl methyl sites for hydroxylation is 2. The van der Waals surface area contributed by atoms with E-state index in [4.69, 9.17) is 5.73 Å². The number of nitrogen functional groups attached to an aromatic ring is 1. The molecule has 0 amide bonds. The molecule has 0 aliphatic heterocycles. The monoisotopic (exact) mass is 231 g/mol. The van der Waals surface area contributed by atoms with Crippen molar-refractivity contribution in [3.63, 3.8) is 0 Å². The highest BCUT2D eigenvalue weighted by molar-refractivity contribution is 5.79. The zero-order valence-corrected chi connectivity index (χ0v) is 10.9. The van der Waals surface area contributed by atoms with Crippen LogP contribution in [0.5, 0.6) is 0 Å². The molecule has 2 N–H and O–H groups in total. The highest BCUT2D eigenvalue weighted by Gasteiger charge is 2.09. The molecule has 0 unspecified atom stereocenters. The third-order valence-electron chi connectivity index (χ3n) is 3.10. The number of nitrogens with two attached hydrogens (primary N) is 1. The molecule has 0 bridgehead atoms. The van der Waals surface area contributed by atoms with E-state index >= 15 is 0 Å². The van der Waals surface area contributed by atoms with Gasteiger partial charge in [-0.25, -0.2) is 4.98 Å². The Morgan fingerprint density at radius 1 is 1.35 bits per heavy atom. The Bertz CT molecular complexity index is 511. The van der Waals surface area contributed by atoms with Gasteiger partial charge in [-0.3, -0.25) is 0 Å². The van der Waals surface area contributed by atoms with Crippen LogP contribution in [0, 0.1) is 5.92 Å². The fraction of sp³-hybridized carbons (Fsp3) is 0.500. The van der Waals surface area contributed by atoms with Gasteiger partial charge in [0.25, 0.3) is 0 Å². The molecule has 3 nitrogen and oxygen atoms in total. The number of hydrogen-bond donors (Lipinski definition) is 1. The minimum absolute atomic E-state index is 0.714. The van der Waals surface area contributed by atoms with Gasteiger partial charge < -0.3 is 10.3 Å². The second-order valence-electron chi connectivity index (χ2n) is 4.96. The van der Waals surface area contributed by atoms with Crippen LogP contribution in [-0.4, -0.2) is 9.55 Å². The van der Waals surface area contributed by atoms with Gasteiger partial charge in [0.15, 0.2) is 0 Å². The van der Waals surface area contributed by atoms with Crippen LogP contribution in [0.1, 0.15) is 33.0 Å². The molecule has 92 valence electrons. The van der Waals surface area contributed by atoms with Crippen LogP contribution >= 0.6 is 0 Å². The molecule has 0 aliphatic rings. The Morgan fingerprint density at radius 2 is 2.12 bits per heavy atom. The van der Waals surface area contributed by atoms with E-state index in [2.05, 4.69) is 36.4 Å². The largest absolute Gasteiger partial charge is 0.399 e. The van der Waals surface area contributed by atoms with Gasteiger partial charge in [-0.1, -0.05) is 20.8 Å². The first-order chi connectivity index (χ1) is 8.11. The summed E-state index contributed by atoms with van der Waals surface area (Å²) in [6.07, 6.45) is 2.15. The Hall–Kier alpha value is -1.51. The third kappa shape index (κ3) is 2.43. The van der Waals surface area contributed by atoms with E-state index in [0.717, 1.165) is 30.0 Å². The summed E-state index contributed by atoms with van der Waals surface area (Å²) in [4.78, 5) is 4.65. The van der Waals surface area contributed by atoms with Crippen molar-refractivity contribution in [2.75, 3.05) is 5.73 Å². The summed E-state index contributed by atoms with van der Waals surface area (Å²) >= 11 is 0. The number of hydrogen-bond acceptors (Lipinski definition) is 2. The SMILES string of the molecule is CCc1nc2cc(N)ccc2n1CCC(C)C. The summed E-state index contributed by atoms with van der Waals surface area (Å²) in [6, 6.07) is 5.99. The predicted molar refractivity (Wildman–Crippen MR) is 73.0 cm³/mol. The maximum absolute atomic E-state index is 5.80. The number of rotatable bonds is 4. The van der Waals surface area contributed by atoms with Gasteiger partial charge in [0.1, 0.15) is 5.82 Å². The summed E-state index contributed by atoms with van der Waals surface area (Å²) in [6.45, 7) is 7.70. The molecule has 0 saturated heterocycles. The van der Waals surface area contributed by atoms with E-state index in [1.54, 1.807) is 0 Å². The lowest BCUT2D eigenvalue weighted by atomic mass is 10.1. The van der Waals surface area contributed by atoms with Crippen LogP contribution in [0.25, 0.3) is 11.0 Å². The summed E-state index contributed by atoms with van der Waals surface area (Å²) in [5.41, 5.74) is 8.81. The topological polar surface area (TPSA) is 43.8 Å². The van der Waals surface area contributed by atoms with E-state index < -0.39 is 0 Å². The highest BCUT2D eigenvalue weighted by Crippen LogP contribution is 2.20. The molecule has 1 aromatic heterocycles. The van der Waals surface area contributed by atoms with Crippen LogP contribution in [0.4, 0.5) is 5.69 Å². The Kier molecular flexibility index (Phi) is 3.36. The average Bonchev–Trinajstić information content (AvgIpc) is 2.63. The van der Waals surface area contributed by atoms with E-state index in [9.17, 15) is 0 Å². The maximum Gasteiger partial charge on any atom is 0.109 e. The lowest BCUT2D eigenvalue weighted by Crippen LogP contribution is -2.05. The Labute approximate surface area is 103 Å². The second-order valence-corrected chi connectivity index (χ2v) is 4.96. The van der Waals surface area contributed by atoms with Gasteiger partial charge in [0.05, 0.1) is 11.0 Å². The standard InChI is InChI=1S/C14H21N3/c1-4-14-16-12-9-11(15)5-6-13(12)17(14)8-7-10(2)3/h5-6,9-10H,4,7-8,15H2,1-3H3. The van der Waals surface area contributed by atoms with Crippen molar-refractivity contribution in [1.29, 1.82) is 0 Å². The zero-order valence-electron chi connectivity index (χ0n) is 10.9. The third-order valence-corrected chi connectivity index (χ3v) is 3.10. The molecule has 0 aliphatic carbocycles. The number of benzene rings is 1. The maximum atomic E-state index is 5.80. The minimum Gasteiger partial charge on any atom is -0.399 e. The summed E-state index contributed by atoms with van der Waals surface area (Å²) in [5.74, 6) is 1.87. The first-order valence-corrected chi connectivity index (χ1v) is 6.36. The van der Waals surface area contributed by atoms with Gasteiger partial charge in [0, 0.05) is 18.7 Å². The molecule has 3 heteroatoms. The normalized spacial score (nSPS) is 11.5. The quantitative estimate of drug-likeness (QED) is 0.821. The van der Waals surface area contributed by atoms with E-state index in [0.29, 0.717) is 5.92 Å². The van der Waals surface area contributed by atoms with Crippen molar-refractivity contribution in [3.8, 4) is 0 Å². The Balaban J connectivity index is 2.43. The smallest absolute Gasteiger partial charge is 0.109 e. The fourth-order valence-corrected chi connectivity index (χ4v) is 2.10.